The van der Waals surface area contributed by atoms with Crippen LogP contribution in [-0.4, -0.2) is 16.1 Å². The molecule has 0 saturated carbocycles. The van der Waals surface area contributed by atoms with E-state index >= 15 is 0 Å². The molecule has 0 aromatic carbocycles. The van der Waals surface area contributed by atoms with Crippen LogP contribution in [0.5, 0.6) is 0 Å². The lowest BCUT2D eigenvalue weighted by molar-refractivity contribution is -0.141. The van der Waals surface area contributed by atoms with Crippen molar-refractivity contribution >= 4 is 17.6 Å². The Morgan fingerprint density at radius 3 is 2.39 bits per heavy atom. The van der Waals surface area contributed by atoms with Crippen LogP contribution in [0, 0.1) is 0 Å². The van der Waals surface area contributed by atoms with Crippen molar-refractivity contribution in [2.45, 2.75) is 19.0 Å². The van der Waals surface area contributed by atoms with Crippen LogP contribution in [0.4, 0.5) is 22.0 Å². The van der Waals surface area contributed by atoms with E-state index < -0.39 is 47.0 Å². The molecule has 0 amide bonds. The van der Waals surface area contributed by atoms with Crippen molar-refractivity contribution in [3.05, 3.63) is 28.0 Å². The maximum atomic E-state index is 12.6. The fourth-order valence-electron chi connectivity index (χ4n) is 1.35. The van der Waals surface area contributed by atoms with E-state index in [1.807, 2.05) is 0 Å². The average Bonchev–Trinajstić information content (AvgIpc) is 2.12. The van der Waals surface area contributed by atoms with Crippen LogP contribution >= 0.6 is 11.6 Å². The van der Waals surface area contributed by atoms with Gasteiger partial charge in [-0.05, 0) is 6.07 Å². The molecule has 9 heteroatoms. The van der Waals surface area contributed by atoms with Gasteiger partial charge in [0.1, 0.15) is 5.15 Å². The van der Waals surface area contributed by atoms with E-state index in [1.165, 1.54) is 0 Å². The number of aliphatic carboxylic acids is 1. The van der Waals surface area contributed by atoms with Crippen LogP contribution in [0.25, 0.3) is 0 Å². The molecule has 3 nitrogen and oxygen atoms in total. The van der Waals surface area contributed by atoms with Crippen molar-refractivity contribution in [1.29, 1.82) is 0 Å². The Morgan fingerprint density at radius 1 is 1.44 bits per heavy atom. The smallest absolute Gasteiger partial charge is 0.418 e. The number of alkyl halides is 5. The summed E-state index contributed by atoms with van der Waals surface area (Å²) in [4.78, 5) is 13.6. The average molecular weight is 290 g/mol. The highest BCUT2D eigenvalue weighted by atomic mass is 35.5. The molecular weight excluding hydrogens is 285 g/mol. The third kappa shape index (κ3) is 3.28. The molecule has 100 valence electrons. The first kappa shape index (κ1) is 14.6. The predicted octanol–water partition coefficient (Wildman–Crippen LogP) is 3.32. The molecule has 1 aromatic rings. The zero-order chi connectivity index (χ0) is 14.1. The molecule has 0 aliphatic carbocycles. The van der Waals surface area contributed by atoms with E-state index in [0.29, 0.717) is 6.07 Å². The molecule has 0 spiro atoms. The van der Waals surface area contributed by atoms with Gasteiger partial charge < -0.3 is 5.11 Å². The highest BCUT2D eigenvalue weighted by Crippen LogP contribution is 2.39. The summed E-state index contributed by atoms with van der Waals surface area (Å²) in [6.07, 6.45) is -9.71. The van der Waals surface area contributed by atoms with Crippen LogP contribution in [0.3, 0.4) is 0 Å². The number of halogens is 6. The van der Waals surface area contributed by atoms with E-state index in [0.717, 1.165) is 0 Å². The monoisotopic (exact) mass is 289 g/mol. The zero-order valence-corrected chi connectivity index (χ0v) is 9.19. The summed E-state index contributed by atoms with van der Waals surface area (Å²) >= 11 is 5.29. The van der Waals surface area contributed by atoms with Gasteiger partial charge in [-0.15, -0.1) is 0 Å². The van der Waals surface area contributed by atoms with Gasteiger partial charge in [0.05, 0.1) is 17.7 Å². The first-order chi connectivity index (χ1) is 8.12. The van der Waals surface area contributed by atoms with E-state index in [9.17, 15) is 26.7 Å². The van der Waals surface area contributed by atoms with Crippen LogP contribution in [0.1, 0.15) is 23.2 Å². The van der Waals surface area contributed by atoms with Gasteiger partial charge in [0.25, 0.3) is 6.43 Å². The van der Waals surface area contributed by atoms with Crippen molar-refractivity contribution in [3.63, 3.8) is 0 Å². The summed E-state index contributed by atoms with van der Waals surface area (Å²) in [6.45, 7) is 0. The quantitative estimate of drug-likeness (QED) is 0.686. The maximum absolute atomic E-state index is 12.6. The minimum absolute atomic E-state index is 0.375. The molecule has 0 saturated heterocycles. The number of carboxylic acids is 1. The lowest BCUT2D eigenvalue weighted by Crippen LogP contribution is -2.17. The Labute approximate surface area is 102 Å². The van der Waals surface area contributed by atoms with Gasteiger partial charge in [0, 0.05) is 5.56 Å². The molecule has 1 N–H and O–H groups in total. The van der Waals surface area contributed by atoms with Gasteiger partial charge in [0.15, 0.2) is 0 Å². The third-order valence-corrected chi connectivity index (χ3v) is 2.12. The van der Waals surface area contributed by atoms with E-state index in [1.54, 1.807) is 0 Å². The molecule has 1 rings (SSSR count). The van der Waals surface area contributed by atoms with Crippen LogP contribution in [-0.2, 0) is 17.4 Å². The molecule has 0 aliphatic rings. The normalized spacial score (nSPS) is 11.9. The minimum atomic E-state index is -5.13. The first-order valence-electron chi connectivity index (χ1n) is 4.39. The summed E-state index contributed by atoms with van der Waals surface area (Å²) in [5.74, 6) is -1.63. The molecule has 0 radical (unpaired) electrons. The Kier molecular flexibility index (Phi) is 4.10. The zero-order valence-electron chi connectivity index (χ0n) is 8.43. The fraction of sp³-hybridized carbons (Fsp3) is 0.333. The first-order valence-corrected chi connectivity index (χ1v) is 4.77. The molecule has 1 heterocycles. The second-order valence-corrected chi connectivity index (χ2v) is 3.61. The van der Waals surface area contributed by atoms with Crippen molar-refractivity contribution in [2.75, 3.05) is 0 Å². The van der Waals surface area contributed by atoms with Crippen molar-refractivity contribution in [3.8, 4) is 0 Å². The van der Waals surface area contributed by atoms with Crippen molar-refractivity contribution < 1.29 is 31.9 Å². The van der Waals surface area contributed by atoms with Crippen LogP contribution in [0.15, 0.2) is 6.07 Å². The number of pyridine rings is 1. The summed E-state index contributed by atoms with van der Waals surface area (Å²) in [5.41, 5.74) is -4.15. The molecule has 0 aliphatic heterocycles. The topological polar surface area (TPSA) is 50.2 Å². The predicted molar refractivity (Wildman–Crippen MR) is 50.5 cm³/mol. The number of rotatable bonds is 3. The summed E-state index contributed by atoms with van der Waals surface area (Å²) in [7, 11) is 0. The minimum Gasteiger partial charge on any atom is -0.481 e. The maximum Gasteiger partial charge on any atom is 0.418 e. The third-order valence-electron chi connectivity index (χ3n) is 1.93. The van der Waals surface area contributed by atoms with E-state index in [-0.39, 0.29) is 0 Å². The summed E-state index contributed by atoms with van der Waals surface area (Å²) in [6, 6.07) is 0.375. The van der Waals surface area contributed by atoms with Crippen molar-refractivity contribution in [2.24, 2.45) is 0 Å². The lowest BCUT2D eigenvalue weighted by atomic mass is 10.0. The molecular formula is C9H5ClF5NO2. The molecule has 18 heavy (non-hydrogen) atoms. The van der Waals surface area contributed by atoms with E-state index in [2.05, 4.69) is 4.98 Å². The number of carbonyl (C=O) groups is 1. The second kappa shape index (κ2) is 5.05. The van der Waals surface area contributed by atoms with Gasteiger partial charge in [-0.2, -0.15) is 13.2 Å². The second-order valence-electron chi connectivity index (χ2n) is 3.22. The number of hydrogen-bond acceptors (Lipinski definition) is 2. The fourth-order valence-corrected chi connectivity index (χ4v) is 1.57. The Bertz CT molecular complexity index is 475. The Balaban J connectivity index is 3.53. The highest BCUT2D eigenvalue weighted by molar-refractivity contribution is 6.29. The molecule has 0 unspecified atom stereocenters. The van der Waals surface area contributed by atoms with Crippen LogP contribution in [0.2, 0.25) is 5.15 Å². The number of nitrogens with zero attached hydrogens (tertiary/aromatic N) is 1. The van der Waals surface area contributed by atoms with Gasteiger partial charge in [-0.25, -0.2) is 13.8 Å². The summed E-state index contributed by atoms with van der Waals surface area (Å²) in [5, 5.41) is 7.82. The number of aromatic nitrogens is 1. The van der Waals surface area contributed by atoms with Crippen LogP contribution < -0.4 is 0 Å². The SMILES string of the molecule is O=C(O)Cc1nc(Cl)cc(C(F)F)c1C(F)(F)F. The molecule has 1 aromatic heterocycles. The Hall–Kier alpha value is -1.44. The van der Waals surface area contributed by atoms with Gasteiger partial charge >= 0.3 is 12.1 Å². The van der Waals surface area contributed by atoms with Crippen molar-refractivity contribution in [1.82, 2.24) is 4.98 Å². The largest absolute Gasteiger partial charge is 0.481 e. The summed E-state index contributed by atoms with van der Waals surface area (Å²) < 4.78 is 63.0. The lowest BCUT2D eigenvalue weighted by Gasteiger charge is -2.15. The standard InChI is InChI=1S/C9H5ClF5NO2/c10-5-1-3(8(11)12)7(9(13,14)15)4(16-5)2-6(17)18/h1,8H,2H2,(H,17,18). The van der Waals surface area contributed by atoms with Gasteiger partial charge in [0.2, 0.25) is 0 Å². The highest BCUT2D eigenvalue weighted by Gasteiger charge is 2.39. The van der Waals surface area contributed by atoms with E-state index in [4.69, 9.17) is 16.7 Å². The van der Waals surface area contributed by atoms with Gasteiger partial charge in [-0.3, -0.25) is 4.79 Å². The Morgan fingerprint density at radius 2 is 2.00 bits per heavy atom. The van der Waals surface area contributed by atoms with Gasteiger partial charge in [-0.1, -0.05) is 11.6 Å². The number of carboxylic acid groups (broad SMARTS) is 1. The molecule has 0 fully saturated rings. The molecule has 0 bridgehead atoms. The molecule has 0 atom stereocenters. The number of hydrogen-bond donors (Lipinski definition) is 1.